The molecule has 114 valence electrons. The maximum Gasteiger partial charge on any atom is 0.241 e. The first kappa shape index (κ1) is 14.6. The zero-order chi connectivity index (χ0) is 14.7. The van der Waals surface area contributed by atoms with Crippen LogP contribution in [0.15, 0.2) is 24.3 Å². The molecule has 3 nitrogen and oxygen atoms in total. The van der Waals surface area contributed by atoms with Crippen LogP contribution in [-0.2, 0) is 11.2 Å². The number of carbonyl (C=O) groups is 1. The van der Waals surface area contributed by atoms with Crippen molar-refractivity contribution in [2.75, 3.05) is 6.54 Å². The summed E-state index contributed by atoms with van der Waals surface area (Å²) in [4.78, 5) is 12.7. The SMILES string of the molecule is CCC1CCCCC1NC(=O)C1NCCc2ccccc21. The summed E-state index contributed by atoms with van der Waals surface area (Å²) < 4.78 is 0. The molecular weight excluding hydrogens is 260 g/mol. The quantitative estimate of drug-likeness (QED) is 0.897. The van der Waals surface area contributed by atoms with Crippen molar-refractivity contribution in [3.8, 4) is 0 Å². The summed E-state index contributed by atoms with van der Waals surface area (Å²) in [6, 6.07) is 8.52. The normalized spacial score (nSPS) is 28.7. The van der Waals surface area contributed by atoms with Crippen LogP contribution in [0.3, 0.4) is 0 Å². The van der Waals surface area contributed by atoms with E-state index in [1.807, 2.05) is 6.07 Å². The maximum absolute atomic E-state index is 12.7. The first-order valence-electron chi connectivity index (χ1n) is 8.41. The van der Waals surface area contributed by atoms with Crippen molar-refractivity contribution >= 4 is 5.91 Å². The Morgan fingerprint density at radius 2 is 2.10 bits per heavy atom. The van der Waals surface area contributed by atoms with Gasteiger partial charge in [-0.15, -0.1) is 0 Å². The third-order valence-corrected chi connectivity index (χ3v) is 5.13. The Hall–Kier alpha value is -1.35. The molecule has 1 aromatic carbocycles. The number of hydrogen-bond acceptors (Lipinski definition) is 2. The summed E-state index contributed by atoms with van der Waals surface area (Å²) in [5.74, 6) is 0.814. The fourth-order valence-electron chi connectivity index (χ4n) is 3.89. The van der Waals surface area contributed by atoms with Gasteiger partial charge in [0.1, 0.15) is 6.04 Å². The second-order valence-corrected chi connectivity index (χ2v) is 6.40. The molecule has 1 aliphatic heterocycles. The minimum atomic E-state index is -0.172. The van der Waals surface area contributed by atoms with Gasteiger partial charge in [0.2, 0.25) is 5.91 Å². The van der Waals surface area contributed by atoms with E-state index in [-0.39, 0.29) is 11.9 Å². The average Bonchev–Trinajstić information content (AvgIpc) is 2.54. The van der Waals surface area contributed by atoms with Crippen LogP contribution in [0.5, 0.6) is 0 Å². The summed E-state index contributed by atoms with van der Waals surface area (Å²) in [7, 11) is 0. The third-order valence-electron chi connectivity index (χ3n) is 5.13. The highest BCUT2D eigenvalue weighted by molar-refractivity contribution is 5.84. The van der Waals surface area contributed by atoms with Crippen LogP contribution in [0, 0.1) is 5.92 Å². The molecule has 1 fully saturated rings. The van der Waals surface area contributed by atoms with Gasteiger partial charge >= 0.3 is 0 Å². The van der Waals surface area contributed by atoms with Crippen molar-refractivity contribution in [3.63, 3.8) is 0 Å². The number of hydrogen-bond donors (Lipinski definition) is 2. The fraction of sp³-hybridized carbons (Fsp3) is 0.611. The molecule has 2 aliphatic rings. The average molecular weight is 286 g/mol. The largest absolute Gasteiger partial charge is 0.351 e. The molecule has 1 aromatic rings. The van der Waals surface area contributed by atoms with E-state index in [0.29, 0.717) is 12.0 Å². The summed E-state index contributed by atoms with van der Waals surface area (Å²) in [6.45, 7) is 3.13. The lowest BCUT2D eigenvalue weighted by Gasteiger charge is -2.34. The number of rotatable bonds is 3. The molecule has 2 N–H and O–H groups in total. The number of amides is 1. The monoisotopic (exact) mass is 286 g/mol. The Labute approximate surface area is 127 Å². The molecule has 0 radical (unpaired) electrons. The van der Waals surface area contributed by atoms with Gasteiger partial charge in [-0.2, -0.15) is 0 Å². The van der Waals surface area contributed by atoms with Gasteiger partial charge in [0.15, 0.2) is 0 Å². The molecule has 0 aromatic heterocycles. The minimum Gasteiger partial charge on any atom is -0.351 e. The topological polar surface area (TPSA) is 41.1 Å². The molecule has 3 unspecified atom stereocenters. The predicted molar refractivity (Wildman–Crippen MR) is 85.1 cm³/mol. The lowest BCUT2D eigenvalue weighted by Crippen LogP contribution is -2.48. The molecule has 1 heterocycles. The van der Waals surface area contributed by atoms with Gasteiger partial charge in [-0.3, -0.25) is 4.79 Å². The van der Waals surface area contributed by atoms with Gasteiger partial charge < -0.3 is 10.6 Å². The molecule has 0 bridgehead atoms. The predicted octanol–water partition coefficient (Wildman–Crippen LogP) is 2.96. The zero-order valence-electron chi connectivity index (χ0n) is 12.9. The van der Waals surface area contributed by atoms with Crippen molar-refractivity contribution in [3.05, 3.63) is 35.4 Å². The number of nitrogens with one attached hydrogen (secondary N) is 2. The highest BCUT2D eigenvalue weighted by Crippen LogP contribution is 2.28. The lowest BCUT2D eigenvalue weighted by molar-refractivity contribution is -0.124. The summed E-state index contributed by atoms with van der Waals surface area (Å²) in [5.41, 5.74) is 2.47. The number of carbonyl (C=O) groups excluding carboxylic acids is 1. The molecule has 3 atom stereocenters. The van der Waals surface area contributed by atoms with Gasteiger partial charge in [0, 0.05) is 12.6 Å². The Kier molecular flexibility index (Phi) is 4.59. The van der Waals surface area contributed by atoms with Crippen molar-refractivity contribution in [1.29, 1.82) is 0 Å². The van der Waals surface area contributed by atoms with Gasteiger partial charge in [0.05, 0.1) is 0 Å². The number of fused-ring (bicyclic) bond motifs is 1. The molecule has 1 amide bonds. The summed E-state index contributed by atoms with van der Waals surface area (Å²) in [6.07, 6.45) is 7.14. The summed E-state index contributed by atoms with van der Waals surface area (Å²) in [5, 5.41) is 6.71. The van der Waals surface area contributed by atoms with Gasteiger partial charge in [-0.25, -0.2) is 0 Å². The molecule has 1 aliphatic carbocycles. The molecular formula is C18H26N2O. The smallest absolute Gasteiger partial charge is 0.241 e. The minimum absolute atomic E-state index is 0.160. The maximum atomic E-state index is 12.7. The van der Waals surface area contributed by atoms with Crippen LogP contribution in [-0.4, -0.2) is 18.5 Å². The molecule has 3 heteroatoms. The standard InChI is InChI=1S/C18H26N2O/c1-2-13-7-4-6-10-16(13)20-18(21)17-15-9-5-3-8-14(15)11-12-19-17/h3,5,8-9,13,16-17,19H,2,4,6-7,10-12H2,1H3,(H,20,21). The van der Waals surface area contributed by atoms with Gasteiger partial charge in [0.25, 0.3) is 0 Å². The highest BCUT2D eigenvalue weighted by atomic mass is 16.2. The van der Waals surface area contributed by atoms with Crippen molar-refractivity contribution in [1.82, 2.24) is 10.6 Å². The first-order chi connectivity index (χ1) is 10.3. The summed E-state index contributed by atoms with van der Waals surface area (Å²) >= 11 is 0. The zero-order valence-corrected chi connectivity index (χ0v) is 12.9. The van der Waals surface area contributed by atoms with Crippen molar-refractivity contribution < 1.29 is 4.79 Å². The van der Waals surface area contributed by atoms with Gasteiger partial charge in [-0.1, -0.05) is 50.5 Å². The fourth-order valence-corrected chi connectivity index (χ4v) is 3.89. The van der Waals surface area contributed by atoms with E-state index < -0.39 is 0 Å². The Balaban J connectivity index is 1.71. The van der Waals surface area contributed by atoms with E-state index in [4.69, 9.17) is 0 Å². The first-order valence-corrected chi connectivity index (χ1v) is 8.41. The van der Waals surface area contributed by atoms with E-state index in [1.165, 1.54) is 31.2 Å². The van der Waals surface area contributed by atoms with E-state index in [1.54, 1.807) is 0 Å². The van der Waals surface area contributed by atoms with Crippen LogP contribution in [0.2, 0.25) is 0 Å². The lowest BCUT2D eigenvalue weighted by atomic mass is 9.82. The van der Waals surface area contributed by atoms with Crippen molar-refractivity contribution in [2.24, 2.45) is 5.92 Å². The van der Waals surface area contributed by atoms with Crippen LogP contribution < -0.4 is 10.6 Å². The Bertz CT molecular complexity index is 500. The van der Waals surface area contributed by atoms with Crippen LogP contribution in [0.25, 0.3) is 0 Å². The van der Waals surface area contributed by atoms with Crippen LogP contribution in [0.1, 0.15) is 56.2 Å². The van der Waals surface area contributed by atoms with Crippen LogP contribution >= 0.6 is 0 Å². The molecule has 21 heavy (non-hydrogen) atoms. The van der Waals surface area contributed by atoms with E-state index in [0.717, 1.165) is 24.9 Å². The van der Waals surface area contributed by atoms with E-state index in [9.17, 15) is 4.79 Å². The molecule has 0 saturated heterocycles. The molecule has 3 rings (SSSR count). The van der Waals surface area contributed by atoms with Gasteiger partial charge in [-0.05, 0) is 36.3 Å². The highest BCUT2D eigenvalue weighted by Gasteiger charge is 2.30. The Morgan fingerprint density at radius 1 is 1.29 bits per heavy atom. The second kappa shape index (κ2) is 6.61. The van der Waals surface area contributed by atoms with Crippen LogP contribution in [0.4, 0.5) is 0 Å². The molecule has 1 saturated carbocycles. The number of benzene rings is 1. The second-order valence-electron chi connectivity index (χ2n) is 6.40. The third kappa shape index (κ3) is 3.13. The Morgan fingerprint density at radius 3 is 2.95 bits per heavy atom. The van der Waals surface area contributed by atoms with E-state index in [2.05, 4.69) is 35.8 Å². The molecule has 0 spiro atoms. The van der Waals surface area contributed by atoms with Crippen molar-refractivity contribution in [2.45, 2.75) is 57.5 Å². The van der Waals surface area contributed by atoms with E-state index >= 15 is 0 Å².